The van der Waals surface area contributed by atoms with Crippen LogP contribution in [0.15, 0.2) is 12.1 Å². The smallest absolute Gasteiger partial charge is 0.410 e. The van der Waals surface area contributed by atoms with Crippen LogP contribution in [-0.4, -0.2) is 35.5 Å². The summed E-state index contributed by atoms with van der Waals surface area (Å²) < 4.78 is 5.40. The molecule has 0 atom stereocenters. The fraction of sp³-hybridized carbons (Fsp3) is 0.625. The van der Waals surface area contributed by atoms with Crippen LogP contribution in [-0.2, 0) is 4.74 Å². The lowest BCUT2D eigenvalue weighted by atomic mass is 9.95. The number of ketones is 1. The second kappa shape index (κ2) is 6.18. The number of carbonyl (C=O) groups is 2. The molecule has 116 valence electrons. The Kier molecular flexibility index (Phi) is 4.71. The summed E-state index contributed by atoms with van der Waals surface area (Å²) in [6, 6.07) is 3.96. The van der Waals surface area contributed by atoms with Crippen molar-refractivity contribution in [2.24, 2.45) is 0 Å². The van der Waals surface area contributed by atoms with E-state index in [1.54, 1.807) is 23.2 Å². The molecule has 2 heterocycles. The number of amides is 1. The van der Waals surface area contributed by atoms with Gasteiger partial charge in [0, 0.05) is 18.0 Å². The first-order valence-corrected chi connectivity index (χ1v) is 8.16. The third-order valence-electron chi connectivity index (χ3n) is 3.52. The summed E-state index contributed by atoms with van der Waals surface area (Å²) in [4.78, 5) is 27.2. The zero-order chi connectivity index (χ0) is 15.6. The molecule has 5 heteroatoms. The molecule has 1 fully saturated rings. The third kappa shape index (κ3) is 4.30. The summed E-state index contributed by atoms with van der Waals surface area (Å²) in [5.74, 6) is 0.569. The highest BCUT2D eigenvalue weighted by atomic mass is 32.1. The highest BCUT2D eigenvalue weighted by Gasteiger charge is 2.28. The Morgan fingerprint density at radius 1 is 1.24 bits per heavy atom. The molecule has 0 radical (unpaired) electrons. The summed E-state index contributed by atoms with van der Waals surface area (Å²) in [5.41, 5.74) is -0.446. The van der Waals surface area contributed by atoms with Crippen LogP contribution in [0.25, 0.3) is 0 Å². The lowest BCUT2D eigenvalue weighted by Crippen LogP contribution is -2.41. The van der Waals surface area contributed by atoms with E-state index < -0.39 is 5.60 Å². The fourth-order valence-electron chi connectivity index (χ4n) is 2.43. The number of likely N-dealkylation sites (tertiary alicyclic amines) is 1. The molecule has 1 aliphatic heterocycles. The number of Topliss-reactive ketones (excluding diaryl/α,β-unsaturated/α-hetero) is 1. The van der Waals surface area contributed by atoms with E-state index in [4.69, 9.17) is 4.74 Å². The van der Waals surface area contributed by atoms with Crippen LogP contribution in [0.1, 0.15) is 61.0 Å². The lowest BCUT2D eigenvalue weighted by Gasteiger charge is -2.33. The zero-order valence-electron chi connectivity index (χ0n) is 13.1. The van der Waals surface area contributed by atoms with E-state index in [0.29, 0.717) is 19.0 Å². The molecule has 1 amide bonds. The van der Waals surface area contributed by atoms with E-state index in [9.17, 15) is 9.59 Å². The molecule has 0 spiro atoms. The van der Waals surface area contributed by atoms with Gasteiger partial charge in [0.1, 0.15) is 5.60 Å². The van der Waals surface area contributed by atoms with Crippen molar-refractivity contribution in [3.8, 4) is 0 Å². The highest BCUT2D eigenvalue weighted by molar-refractivity contribution is 7.14. The summed E-state index contributed by atoms with van der Waals surface area (Å²) in [6.45, 7) is 8.67. The molecule has 0 aromatic carbocycles. The van der Waals surface area contributed by atoms with Crippen molar-refractivity contribution in [2.75, 3.05) is 13.1 Å². The SMILES string of the molecule is CC(=O)c1ccc(C2CCN(C(=O)OC(C)(C)C)CC2)s1. The van der Waals surface area contributed by atoms with E-state index in [-0.39, 0.29) is 11.9 Å². The van der Waals surface area contributed by atoms with E-state index >= 15 is 0 Å². The second-order valence-electron chi connectivity index (χ2n) is 6.50. The standard InChI is InChI=1S/C16H23NO3S/c1-11(18)13-5-6-14(21-13)12-7-9-17(10-8-12)15(19)20-16(2,3)4/h5-6,12H,7-10H2,1-4H3. The van der Waals surface area contributed by atoms with Crippen LogP contribution in [0.3, 0.4) is 0 Å². The van der Waals surface area contributed by atoms with Gasteiger partial charge in [-0.3, -0.25) is 4.79 Å². The van der Waals surface area contributed by atoms with Gasteiger partial charge in [0.25, 0.3) is 0 Å². The van der Waals surface area contributed by atoms with Crippen LogP contribution < -0.4 is 0 Å². The minimum atomic E-state index is -0.446. The average Bonchev–Trinajstić information content (AvgIpc) is 2.86. The van der Waals surface area contributed by atoms with Crippen molar-refractivity contribution in [1.29, 1.82) is 0 Å². The summed E-state index contributed by atoms with van der Waals surface area (Å²) in [7, 11) is 0. The molecule has 1 aromatic rings. The van der Waals surface area contributed by atoms with Crippen LogP contribution in [0, 0.1) is 0 Å². The first-order valence-electron chi connectivity index (χ1n) is 7.35. The van der Waals surface area contributed by atoms with E-state index in [1.165, 1.54) is 4.88 Å². The van der Waals surface area contributed by atoms with E-state index in [0.717, 1.165) is 17.7 Å². The van der Waals surface area contributed by atoms with Gasteiger partial charge in [-0.2, -0.15) is 0 Å². The number of carbonyl (C=O) groups excluding carboxylic acids is 2. The number of hydrogen-bond acceptors (Lipinski definition) is 4. The van der Waals surface area contributed by atoms with Gasteiger partial charge in [-0.1, -0.05) is 0 Å². The van der Waals surface area contributed by atoms with Crippen molar-refractivity contribution >= 4 is 23.2 Å². The predicted molar refractivity (Wildman–Crippen MR) is 84.1 cm³/mol. The van der Waals surface area contributed by atoms with Crippen LogP contribution in [0.4, 0.5) is 4.79 Å². The predicted octanol–water partition coefficient (Wildman–Crippen LogP) is 4.07. The van der Waals surface area contributed by atoms with Gasteiger partial charge >= 0.3 is 6.09 Å². The fourth-order valence-corrected chi connectivity index (χ4v) is 3.51. The van der Waals surface area contributed by atoms with Gasteiger partial charge in [0.05, 0.1) is 4.88 Å². The lowest BCUT2D eigenvalue weighted by molar-refractivity contribution is 0.0205. The monoisotopic (exact) mass is 309 g/mol. The molecule has 0 unspecified atom stereocenters. The molecule has 1 aromatic heterocycles. The number of piperidine rings is 1. The van der Waals surface area contributed by atoms with Crippen molar-refractivity contribution in [2.45, 2.75) is 52.1 Å². The number of ether oxygens (including phenoxy) is 1. The molecule has 1 aliphatic rings. The first-order chi connectivity index (χ1) is 9.76. The van der Waals surface area contributed by atoms with Crippen molar-refractivity contribution in [1.82, 2.24) is 4.90 Å². The minimum absolute atomic E-state index is 0.123. The van der Waals surface area contributed by atoms with Crippen molar-refractivity contribution < 1.29 is 14.3 Å². The molecular formula is C16H23NO3S. The molecule has 2 rings (SSSR count). The Balaban J connectivity index is 1.90. The molecular weight excluding hydrogens is 286 g/mol. The summed E-state index contributed by atoms with van der Waals surface area (Å²) in [5, 5.41) is 0. The van der Waals surface area contributed by atoms with Crippen LogP contribution in [0.2, 0.25) is 0 Å². The number of nitrogens with zero attached hydrogens (tertiary/aromatic N) is 1. The van der Waals surface area contributed by atoms with Crippen molar-refractivity contribution in [3.05, 3.63) is 21.9 Å². The van der Waals surface area contributed by atoms with Gasteiger partial charge in [0.15, 0.2) is 5.78 Å². The Hall–Kier alpha value is -1.36. The maximum atomic E-state index is 12.0. The minimum Gasteiger partial charge on any atom is -0.444 e. The van der Waals surface area contributed by atoms with Gasteiger partial charge in [-0.05, 0) is 58.6 Å². The molecule has 4 nitrogen and oxygen atoms in total. The van der Waals surface area contributed by atoms with Gasteiger partial charge in [-0.25, -0.2) is 4.79 Å². The van der Waals surface area contributed by atoms with Crippen LogP contribution >= 0.6 is 11.3 Å². The molecule has 0 aliphatic carbocycles. The van der Waals surface area contributed by atoms with Gasteiger partial charge in [-0.15, -0.1) is 11.3 Å². The molecule has 0 N–H and O–H groups in total. The quantitative estimate of drug-likeness (QED) is 0.774. The highest BCUT2D eigenvalue weighted by Crippen LogP contribution is 2.33. The second-order valence-corrected chi connectivity index (χ2v) is 7.62. The number of thiophene rings is 1. The third-order valence-corrected chi connectivity index (χ3v) is 4.87. The summed E-state index contributed by atoms with van der Waals surface area (Å²) in [6.07, 6.45) is 1.63. The van der Waals surface area contributed by atoms with Gasteiger partial charge in [0.2, 0.25) is 0 Å². The Labute approximate surface area is 130 Å². The van der Waals surface area contributed by atoms with Gasteiger partial charge < -0.3 is 9.64 Å². The van der Waals surface area contributed by atoms with E-state index in [1.807, 2.05) is 26.8 Å². The zero-order valence-corrected chi connectivity index (χ0v) is 14.0. The molecule has 0 saturated carbocycles. The number of hydrogen-bond donors (Lipinski definition) is 0. The topological polar surface area (TPSA) is 46.6 Å². The normalized spacial score (nSPS) is 16.9. The first kappa shape index (κ1) is 16.0. The molecule has 1 saturated heterocycles. The largest absolute Gasteiger partial charge is 0.444 e. The molecule has 21 heavy (non-hydrogen) atoms. The maximum Gasteiger partial charge on any atom is 0.410 e. The van der Waals surface area contributed by atoms with E-state index in [2.05, 4.69) is 6.07 Å². The molecule has 0 bridgehead atoms. The Morgan fingerprint density at radius 2 is 1.86 bits per heavy atom. The Bertz CT molecular complexity index is 522. The van der Waals surface area contributed by atoms with Crippen LogP contribution in [0.5, 0.6) is 0 Å². The average molecular weight is 309 g/mol. The maximum absolute atomic E-state index is 12.0. The van der Waals surface area contributed by atoms with Crippen molar-refractivity contribution in [3.63, 3.8) is 0 Å². The number of rotatable bonds is 2. The summed E-state index contributed by atoms with van der Waals surface area (Å²) >= 11 is 1.58. The Morgan fingerprint density at radius 3 is 2.33 bits per heavy atom.